The van der Waals surface area contributed by atoms with E-state index in [-0.39, 0.29) is 11.3 Å². The highest BCUT2D eigenvalue weighted by Gasteiger charge is 2.47. The summed E-state index contributed by atoms with van der Waals surface area (Å²) >= 11 is 0. The molecule has 2 fully saturated rings. The number of aliphatic hydroxyl groups is 1. The van der Waals surface area contributed by atoms with Crippen molar-refractivity contribution in [2.45, 2.75) is 6.04 Å². The van der Waals surface area contributed by atoms with Crippen molar-refractivity contribution in [3.8, 4) is 17.2 Å². The van der Waals surface area contributed by atoms with Gasteiger partial charge in [-0.2, -0.15) is 0 Å². The van der Waals surface area contributed by atoms with E-state index in [4.69, 9.17) is 18.9 Å². The van der Waals surface area contributed by atoms with Crippen molar-refractivity contribution < 1.29 is 33.6 Å². The van der Waals surface area contributed by atoms with Gasteiger partial charge in [-0.15, -0.1) is 0 Å². The van der Waals surface area contributed by atoms with Crippen LogP contribution in [-0.4, -0.2) is 87.3 Å². The summed E-state index contributed by atoms with van der Waals surface area (Å²) in [5, 5.41) is 13.4. The molecule has 0 saturated carbocycles. The average molecular weight is 533 g/mol. The van der Waals surface area contributed by atoms with Gasteiger partial charge in [0.1, 0.15) is 23.0 Å². The monoisotopic (exact) mass is 532 g/mol. The Labute approximate surface area is 227 Å². The number of Topliss-reactive ketones (excluding diaryl/α,β-unsaturated/α-hetero) is 1. The third-order valence-electron chi connectivity index (χ3n) is 7.35. The molecule has 0 bridgehead atoms. The number of benzene rings is 3. The highest BCUT2D eigenvalue weighted by Crippen LogP contribution is 2.44. The van der Waals surface area contributed by atoms with E-state index < -0.39 is 17.7 Å². The fourth-order valence-corrected chi connectivity index (χ4v) is 5.21. The molecule has 2 saturated heterocycles. The van der Waals surface area contributed by atoms with E-state index in [0.717, 1.165) is 29.6 Å². The van der Waals surface area contributed by atoms with Gasteiger partial charge in [-0.3, -0.25) is 14.5 Å². The van der Waals surface area contributed by atoms with Crippen LogP contribution in [-0.2, 0) is 14.3 Å². The molecule has 39 heavy (non-hydrogen) atoms. The smallest absolute Gasteiger partial charge is 0.295 e. The number of methoxy groups -OCH3 is 3. The van der Waals surface area contributed by atoms with E-state index in [2.05, 4.69) is 4.90 Å². The van der Waals surface area contributed by atoms with Crippen molar-refractivity contribution in [3.63, 3.8) is 0 Å². The van der Waals surface area contributed by atoms with E-state index in [9.17, 15) is 14.7 Å². The number of aliphatic hydroxyl groups excluding tert-OH is 1. The molecule has 3 aromatic rings. The minimum Gasteiger partial charge on any atom is -0.507 e. The number of ketones is 1. The number of likely N-dealkylation sites (tertiary alicyclic amines) is 1. The number of carbonyl (C=O) groups is 2. The SMILES string of the molecule is COc1ccc(OC)c(C2/C(=C(\O)c3ccc4cc(OC)ccc4c3)C(=O)C(=O)N2CCN2CCOCC2)c1. The number of carbonyl (C=O) groups excluding carboxylic acids is 2. The number of hydrogen-bond acceptors (Lipinski definition) is 8. The van der Waals surface area contributed by atoms with Gasteiger partial charge < -0.3 is 29.0 Å². The van der Waals surface area contributed by atoms with Gasteiger partial charge in [0, 0.05) is 37.3 Å². The Morgan fingerprint density at radius 3 is 2.26 bits per heavy atom. The molecule has 0 aliphatic carbocycles. The van der Waals surface area contributed by atoms with Crippen LogP contribution in [0.2, 0.25) is 0 Å². The molecule has 3 aromatic carbocycles. The fourth-order valence-electron chi connectivity index (χ4n) is 5.21. The minimum atomic E-state index is -0.859. The van der Waals surface area contributed by atoms with Crippen molar-refractivity contribution in [2.24, 2.45) is 0 Å². The Balaban J connectivity index is 1.62. The molecule has 204 valence electrons. The third kappa shape index (κ3) is 5.15. The van der Waals surface area contributed by atoms with Crippen LogP contribution >= 0.6 is 0 Å². The second-order valence-corrected chi connectivity index (χ2v) is 9.48. The van der Waals surface area contributed by atoms with Gasteiger partial charge in [0.2, 0.25) is 0 Å². The summed E-state index contributed by atoms with van der Waals surface area (Å²) < 4.78 is 21.8. The van der Waals surface area contributed by atoms with Gasteiger partial charge in [-0.25, -0.2) is 0 Å². The lowest BCUT2D eigenvalue weighted by Crippen LogP contribution is -2.42. The number of morpholine rings is 1. The normalized spacial score (nSPS) is 19.5. The number of amides is 1. The average Bonchev–Trinajstić information content (AvgIpc) is 3.24. The van der Waals surface area contributed by atoms with Crippen LogP contribution in [0, 0.1) is 0 Å². The standard InChI is InChI=1S/C30H32N2O7/c1-36-22-7-6-19-16-21(5-4-20(19)17-22)28(33)26-27(24-18-23(37-2)8-9-25(24)38-3)32(30(35)29(26)34)11-10-31-12-14-39-15-13-31/h4-9,16-18,27,33H,10-15H2,1-3H3/b28-26+. The second-order valence-electron chi connectivity index (χ2n) is 9.48. The molecule has 1 unspecified atom stereocenters. The Morgan fingerprint density at radius 1 is 0.872 bits per heavy atom. The number of nitrogens with zero attached hydrogens (tertiary/aromatic N) is 2. The molecule has 2 aliphatic heterocycles. The largest absolute Gasteiger partial charge is 0.507 e. The van der Waals surface area contributed by atoms with E-state index in [0.29, 0.717) is 48.9 Å². The Bertz CT molecular complexity index is 1430. The van der Waals surface area contributed by atoms with Crippen LogP contribution < -0.4 is 14.2 Å². The topological polar surface area (TPSA) is 97.8 Å². The Morgan fingerprint density at radius 2 is 1.54 bits per heavy atom. The van der Waals surface area contributed by atoms with Crippen molar-refractivity contribution in [1.82, 2.24) is 9.80 Å². The zero-order valence-corrected chi connectivity index (χ0v) is 22.3. The van der Waals surface area contributed by atoms with Crippen LogP contribution in [0.4, 0.5) is 0 Å². The summed E-state index contributed by atoms with van der Waals surface area (Å²) in [4.78, 5) is 30.7. The first-order valence-corrected chi connectivity index (χ1v) is 12.8. The van der Waals surface area contributed by atoms with Gasteiger partial charge in [-0.05, 0) is 47.2 Å². The van der Waals surface area contributed by atoms with Crippen LogP contribution in [0.3, 0.4) is 0 Å². The second kappa shape index (κ2) is 11.3. The predicted molar refractivity (Wildman–Crippen MR) is 146 cm³/mol. The maximum absolute atomic E-state index is 13.5. The first kappa shape index (κ1) is 26.5. The lowest BCUT2D eigenvalue weighted by atomic mass is 9.93. The van der Waals surface area contributed by atoms with Gasteiger partial charge in [0.25, 0.3) is 11.7 Å². The van der Waals surface area contributed by atoms with E-state index >= 15 is 0 Å². The summed E-state index contributed by atoms with van der Waals surface area (Å²) in [5.41, 5.74) is 1.01. The van der Waals surface area contributed by atoms with E-state index in [1.165, 1.54) is 12.0 Å². The fraction of sp³-hybridized carbons (Fsp3) is 0.333. The molecular weight excluding hydrogens is 500 g/mol. The number of ether oxygens (including phenoxy) is 4. The van der Waals surface area contributed by atoms with Crippen molar-refractivity contribution >= 4 is 28.2 Å². The molecule has 2 heterocycles. The summed E-state index contributed by atoms with van der Waals surface area (Å²) in [6, 6.07) is 15.4. The Kier molecular flexibility index (Phi) is 7.72. The molecule has 9 heteroatoms. The predicted octanol–water partition coefficient (Wildman–Crippen LogP) is 3.62. The summed E-state index contributed by atoms with van der Waals surface area (Å²) in [5.74, 6) is 0.106. The van der Waals surface area contributed by atoms with E-state index in [1.807, 2.05) is 24.3 Å². The van der Waals surface area contributed by atoms with Crippen LogP contribution in [0.15, 0.2) is 60.2 Å². The molecule has 0 spiro atoms. The lowest BCUT2D eigenvalue weighted by molar-refractivity contribution is -0.140. The zero-order chi connectivity index (χ0) is 27.5. The Hall–Kier alpha value is -4.08. The molecule has 0 radical (unpaired) electrons. The number of hydrogen-bond donors (Lipinski definition) is 1. The molecule has 1 N–H and O–H groups in total. The summed E-state index contributed by atoms with van der Waals surface area (Å²) in [7, 11) is 4.68. The first-order valence-electron chi connectivity index (χ1n) is 12.8. The van der Waals surface area contributed by atoms with Gasteiger partial charge in [0.15, 0.2) is 0 Å². The third-order valence-corrected chi connectivity index (χ3v) is 7.35. The summed E-state index contributed by atoms with van der Waals surface area (Å²) in [6.07, 6.45) is 0. The van der Waals surface area contributed by atoms with E-state index in [1.54, 1.807) is 44.6 Å². The molecule has 2 aliphatic rings. The molecule has 1 amide bonds. The lowest BCUT2D eigenvalue weighted by Gasteiger charge is -2.31. The van der Waals surface area contributed by atoms with Crippen molar-refractivity contribution in [1.29, 1.82) is 0 Å². The highest BCUT2D eigenvalue weighted by atomic mass is 16.5. The molecule has 5 rings (SSSR count). The quantitative estimate of drug-likeness (QED) is 0.267. The van der Waals surface area contributed by atoms with Crippen LogP contribution in [0.5, 0.6) is 17.2 Å². The maximum atomic E-state index is 13.5. The highest BCUT2D eigenvalue weighted by molar-refractivity contribution is 6.46. The maximum Gasteiger partial charge on any atom is 0.295 e. The molecule has 9 nitrogen and oxygen atoms in total. The van der Waals surface area contributed by atoms with Crippen LogP contribution in [0.1, 0.15) is 17.2 Å². The zero-order valence-electron chi connectivity index (χ0n) is 22.3. The molecule has 1 atom stereocenters. The number of fused-ring (bicyclic) bond motifs is 1. The number of rotatable bonds is 8. The minimum absolute atomic E-state index is 0.0152. The van der Waals surface area contributed by atoms with Gasteiger partial charge >= 0.3 is 0 Å². The van der Waals surface area contributed by atoms with Crippen molar-refractivity contribution in [2.75, 3.05) is 60.7 Å². The van der Waals surface area contributed by atoms with Crippen molar-refractivity contribution in [3.05, 3.63) is 71.3 Å². The molecular formula is C30H32N2O7. The van der Waals surface area contributed by atoms with Crippen LogP contribution in [0.25, 0.3) is 16.5 Å². The first-order chi connectivity index (χ1) is 18.9. The van der Waals surface area contributed by atoms with Gasteiger partial charge in [-0.1, -0.05) is 18.2 Å². The molecule has 0 aromatic heterocycles. The van der Waals surface area contributed by atoms with Gasteiger partial charge in [0.05, 0.1) is 46.2 Å². The summed E-state index contributed by atoms with van der Waals surface area (Å²) in [6.45, 7) is 3.61.